The lowest BCUT2D eigenvalue weighted by Crippen LogP contribution is -2.45. The van der Waals surface area contributed by atoms with E-state index in [2.05, 4.69) is 10.2 Å². The van der Waals surface area contributed by atoms with Gasteiger partial charge in [-0.05, 0) is 31.9 Å². The number of rotatable bonds is 4. The number of hydrogen-bond acceptors (Lipinski definition) is 5. The lowest BCUT2D eigenvalue weighted by molar-refractivity contribution is 0.0438. The van der Waals surface area contributed by atoms with Crippen LogP contribution < -0.4 is 5.73 Å². The number of amides is 1. The van der Waals surface area contributed by atoms with Gasteiger partial charge in [0.2, 0.25) is 0 Å². The molecular formula is C14H22N4O2S. The van der Waals surface area contributed by atoms with Crippen molar-refractivity contribution in [3.05, 3.63) is 11.4 Å². The summed E-state index contributed by atoms with van der Waals surface area (Å²) in [6, 6.07) is 0.267. The Morgan fingerprint density at radius 1 is 1.57 bits per heavy atom. The monoisotopic (exact) mass is 310 g/mol. The normalized spacial score (nSPS) is 25.4. The zero-order chi connectivity index (χ0) is 14.8. The highest BCUT2D eigenvalue weighted by atomic mass is 32.2. The Labute approximate surface area is 128 Å². The molecule has 2 fully saturated rings. The molecule has 2 saturated heterocycles. The van der Waals surface area contributed by atoms with E-state index in [4.69, 9.17) is 10.5 Å². The highest BCUT2D eigenvalue weighted by Gasteiger charge is 2.33. The summed E-state index contributed by atoms with van der Waals surface area (Å²) in [6.45, 7) is 3.28. The van der Waals surface area contributed by atoms with E-state index in [1.807, 2.05) is 23.6 Å². The number of aryl methyl sites for hydroxylation is 1. The van der Waals surface area contributed by atoms with Gasteiger partial charge in [0.05, 0.1) is 17.5 Å². The molecule has 7 heteroatoms. The molecular weight excluding hydrogens is 288 g/mol. The van der Waals surface area contributed by atoms with Crippen LogP contribution in [-0.4, -0.2) is 57.8 Å². The van der Waals surface area contributed by atoms with Crippen LogP contribution in [0.3, 0.4) is 0 Å². The van der Waals surface area contributed by atoms with Gasteiger partial charge in [0.1, 0.15) is 0 Å². The third-order valence-corrected chi connectivity index (χ3v) is 5.37. The molecule has 1 aromatic rings. The molecule has 3 N–H and O–H groups in total. The Balaban J connectivity index is 1.79. The third kappa shape index (κ3) is 3.03. The molecule has 1 aromatic heterocycles. The first-order chi connectivity index (χ1) is 10.2. The Kier molecular flexibility index (Phi) is 4.40. The average Bonchev–Trinajstić information content (AvgIpc) is 3.20. The molecule has 21 heavy (non-hydrogen) atoms. The van der Waals surface area contributed by atoms with Crippen molar-refractivity contribution >= 4 is 23.4 Å². The molecule has 6 nitrogen and oxygen atoms in total. The van der Waals surface area contributed by atoms with Gasteiger partial charge in [0, 0.05) is 24.9 Å². The van der Waals surface area contributed by atoms with Crippen LogP contribution in [0, 0.1) is 6.92 Å². The van der Waals surface area contributed by atoms with Crippen LogP contribution in [0.1, 0.15) is 35.4 Å². The number of nitrogen functional groups attached to an aromatic ring is 1. The SMILES string of the molecule is Cc1[nH]nc(C(=O)N(CC2CCCO2)C2CCSC2)c1N. The van der Waals surface area contributed by atoms with Crippen LogP contribution in [0.2, 0.25) is 0 Å². The fourth-order valence-electron chi connectivity index (χ4n) is 2.91. The first kappa shape index (κ1) is 14.7. The van der Waals surface area contributed by atoms with E-state index >= 15 is 0 Å². The number of ether oxygens (including phenoxy) is 1. The number of aromatic amines is 1. The van der Waals surface area contributed by atoms with Gasteiger partial charge in [-0.3, -0.25) is 9.89 Å². The quantitative estimate of drug-likeness (QED) is 0.879. The van der Waals surface area contributed by atoms with Gasteiger partial charge in [-0.1, -0.05) is 0 Å². The van der Waals surface area contributed by atoms with Gasteiger partial charge in [-0.2, -0.15) is 16.9 Å². The second-order valence-corrected chi connectivity index (χ2v) is 6.87. The minimum atomic E-state index is -0.0696. The van der Waals surface area contributed by atoms with Crippen molar-refractivity contribution < 1.29 is 9.53 Å². The Bertz CT molecular complexity index is 507. The van der Waals surface area contributed by atoms with E-state index in [-0.39, 0.29) is 18.1 Å². The Hall–Kier alpha value is -1.21. The van der Waals surface area contributed by atoms with E-state index in [1.54, 1.807) is 0 Å². The van der Waals surface area contributed by atoms with Crippen molar-refractivity contribution in [3.63, 3.8) is 0 Å². The minimum Gasteiger partial charge on any atom is -0.395 e. The van der Waals surface area contributed by atoms with E-state index in [0.717, 1.165) is 43.1 Å². The fourth-order valence-corrected chi connectivity index (χ4v) is 4.13. The molecule has 0 bridgehead atoms. The number of thioether (sulfide) groups is 1. The lowest BCUT2D eigenvalue weighted by Gasteiger charge is -2.30. The summed E-state index contributed by atoms with van der Waals surface area (Å²) in [5, 5.41) is 6.89. The standard InChI is InChI=1S/C14H22N4O2S/c1-9-12(15)13(17-16-9)14(19)18(10-4-6-21-8-10)7-11-3-2-5-20-11/h10-11H,2-8,15H2,1H3,(H,16,17). The molecule has 2 aliphatic rings. The number of anilines is 1. The summed E-state index contributed by atoms with van der Waals surface area (Å²) in [5.41, 5.74) is 7.53. The maximum atomic E-state index is 12.9. The number of carbonyl (C=O) groups excluding carboxylic acids is 1. The molecule has 3 heterocycles. The van der Waals surface area contributed by atoms with Gasteiger partial charge in [-0.25, -0.2) is 0 Å². The van der Waals surface area contributed by atoms with E-state index in [1.165, 1.54) is 0 Å². The smallest absolute Gasteiger partial charge is 0.276 e. The van der Waals surface area contributed by atoms with Crippen molar-refractivity contribution in [3.8, 4) is 0 Å². The summed E-state index contributed by atoms with van der Waals surface area (Å²) < 4.78 is 5.70. The summed E-state index contributed by atoms with van der Waals surface area (Å²) in [7, 11) is 0. The Morgan fingerprint density at radius 2 is 2.43 bits per heavy atom. The van der Waals surface area contributed by atoms with Crippen molar-refractivity contribution in [1.29, 1.82) is 0 Å². The molecule has 2 unspecified atom stereocenters. The topological polar surface area (TPSA) is 84.2 Å². The van der Waals surface area contributed by atoms with Crippen molar-refractivity contribution in [2.24, 2.45) is 0 Å². The maximum absolute atomic E-state index is 12.9. The molecule has 0 aliphatic carbocycles. The van der Waals surface area contributed by atoms with Gasteiger partial charge >= 0.3 is 0 Å². The molecule has 1 amide bonds. The molecule has 2 atom stereocenters. The van der Waals surface area contributed by atoms with Crippen LogP contribution in [0.15, 0.2) is 0 Å². The molecule has 0 aromatic carbocycles. The molecule has 3 rings (SSSR count). The van der Waals surface area contributed by atoms with Gasteiger partial charge < -0.3 is 15.4 Å². The summed E-state index contributed by atoms with van der Waals surface area (Å²) in [6.07, 6.45) is 3.29. The van der Waals surface area contributed by atoms with Crippen LogP contribution in [0.5, 0.6) is 0 Å². The van der Waals surface area contributed by atoms with Gasteiger partial charge in [0.15, 0.2) is 5.69 Å². The predicted octanol–water partition coefficient (Wildman–Crippen LogP) is 1.43. The number of nitrogens with one attached hydrogen (secondary N) is 1. The Morgan fingerprint density at radius 3 is 3.00 bits per heavy atom. The van der Waals surface area contributed by atoms with Crippen LogP contribution in [0.4, 0.5) is 5.69 Å². The molecule has 116 valence electrons. The fraction of sp³-hybridized carbons (Fsp3) is 0.714. The van der Waals surface area contributed by atoms with E-state index in [9.17, 15) is 4.79 Å². The lowest BCUT2D eigenvalue weighted by atomic mass is 10.1. The minimum absolute atomic E-state index is 0.0696. The first-order valence-electron chi connectivity index (χ1n) is 7.47. The zero-order valence-electron chi connectivity index (χ0n) is 12.3. The molecule has 0 spiro atoms. The number of carbonyl (C=O) groups is 1. The highest BCUT2D eigenvalue weighted by Crippen LogP contribution is 2.27. The average molecular weight is 310 g/mol. The number of aromatic nitrogens is 2. The van der Waals surface area contributed by atoms with Gasteiger partial charge in [0.25, 0.3) is 5.91 Å². The van der Waals surface area contributed by atoms with Crippen LogP contribution >= 0.6 is 11.8 Å². The summed E-state index contributed by atoms with van der Waals surface area (Å²) in [4.78, 5) is 14.8. The number of nitrogens with two attached hydrogens (primary N) is 1. The second-order valence-electron chi connectivity index (χ2n) is 5.72. The van der Waals surface area contributed by atoms with E-state index in [0.29, 0.717) is 17.9 Å². The summed E-state index contributed by atoms with van der Waals surface area (Å²) >= 11 is 1.90. The molecule has 0 radical (unpaired) electrons. The van der Waals surface area contributed by atoms with Crippen LogP contribution in [-0.2, 0) is 4.74 Å². The number of nitrogens with zero attached hydrogens (tertiary/aromatic N) is 2. The largest absolute Gasteiger partial charge is 0.395 e. The third-order valence-electron chi connectivity index (χ3n) is 4.23. The van der Waals surface area contributed by atoms with Crippen molar-refractivity contribution in [1.82, 2.24) is 15.1 Å². The summed E-state index contributed by atoms with van der Waals surface area (Å²) in [5.74, 6) is 2.02. The molecule has 2 aliphatic heterocycles. The first-order valence-corrected chi connectivity index (χ1v) is 8.63. The van der Waals surface area contributed by atoms with Gasteiger partial charge in [-0.15, -0.1) is 0 Å². The second kappa shape index (κ2) is 6.27. The number of H-pyrrole nitrogens is 1. The highest BCUT2D eigenvalue weighted by molar-refractivity contribution is 7.99. The number of hydrogen-bond donors (Lipinski definition) is 2. The van der Waals surface area contributed by atoms with Crippen molar-refractivity contribution in [2.75, 3.05) is 30.4 Å². The van der Waals surface area contributed by atoms with E-state index < -0.39 is 0 Å². The predicted molar refractivity (Wildman–Crippen MR) is 83.5 cm³/mol. The van der Waals surface area contributed by atoms with Crippen molar-refractivity contribution in [2.45, 2.75) is 38.3 Å². The van der Waals surface area contributed by atoms with Crippen LogP contribution in [0.25, 0.3) is 0 Å². The molecule has 0 saturated carbocycles. The maximum Gasteiger partial charge on any atom is 0.276 e. The zero-order valence-corrected chi connectivity index (χ0v) is 13.1.